The maximum absolute atomic E-state index is 12.3. The topological polar surface area (TPSA) is 38.3 Å². The molecule has 2 aromatic rings. The Hall–Kier alpha value is -2.29. The summed E-state index contributed by atoms with van der Waals surface area (Å²) in [6, 6.07) is 11.9. The summed E-state index contributed by atoms with van der Waals surface area (Å²) in [7, 11) is 0. The van der Waals surface area contributed by atoms with E-state index in [2.05, 4.69) is 17.4 Å². The largest absolute Gasteiger partial charge is 0.481 e. The van der Waals surface area contributed by atoms with Crippen LogP contribution in [0.4, 0.5) is 5.69 Å². The number of aryl methyl sites for hydroxylation is 4. The maximum atomic E-state index is 12.3. The third kappa shape index (κ3) is 4.35. The van der Waals surface area contributed by atoms with Crippen LogP contribution in [0.5, 0.6) is 5.75 Å². The van der Waals surface area contributed by atoms with Gasteiger partial charge in [0.05, 0.1) is 0 Å². The number of amides is 1. The zero-order chi connectivity index (χ0) is 16.3. The van der Waals surface area contributed by atoms with E-state index in [1.54, 1.807) is 6.92 Å². The molecule has 116 valence electrons. The van der Waals surface area contributed by atoms with Gasteiger partial charge in [0.1, 0.15) is 5.75 Å². The molecule has 3 nitrogen and oxygen atoms in total. The summed E-state index contributed by atoms with van der Waals surface area (Å²) in [5, 5.41) is 2.91. The van der Waals surface area contributed by atoms with Crippen molar-refractivity contribution in [1.29, 1.82) is 0 Å². The number of nitrogens with one attached hydrogen (secondary N) is 1. The van der Waals surface area contributed by atoms with Crippen molar-refractivity contribution in [3.05, 3.63) is 58.7 Å². The molecule has 0 bridgehead atoms. The number of rotatable bonds is 4. The Morgan fingerprint density at radius 2 is 1.32 bits per heavy atom. The van der Waals surface area contributed by atoms with Gasteiger partial charge in [0.2, 0.25) is 0 Å². The van der Waals surface area contributed by atoms with Crippen molar-refractivity contribution in [2.24, 2.45) is 0 Å². The summed E-state index contributed by atoms with van der Waals surface area (Å²) < 4.78 is 5.76. The van der Waals surface area contributed by atoms with Crippen molar-refractivity contribution in [1.82, 2.24) is 0 Å². The summed E-state index contributed by atoms with van der Waals surface area (Å²) in [5.41, 5.74) is 5.29. The van der Waals surface area contributed by atoms with Crippen LogP contribution >= 0.6 is 0 Å². The Morgan fingerprint density at radius 3 is 1.82 bits per heavy atom. The smallest absolute Gasteiger partial charge is 0.265 e. The average molecular weight is 297 g/mol. The van der Waals surface area contributed by atoms with Gasteiger partial charge < -0.3 is 10.1 Å². The van der Waals surface area contributed by atoms with E-state index >= 15 is 0 Å². The number of anilines is 1. The third-order valence-electron chi connectivity index (χ3n) is 3.37. The molecular formula is C19H23NO2. The third-order valence-corrected chi connectivity index (χ3v) is 3.37. The summed E-state index contributed by atoms with van der Waals surface area (Å²) in [6.07, 6.45) is -0.554. The number of carbonyl (C=O) groups is 1. The van der Waals surface area contributed by atoms with E-state index in [4.69, 9.17) is 4.74 Å². The standard InChI is InChI=1S/C19H23NO2/c1-12-6-13(2)9-17(8-12)20-19(21)16(5)22-18-10-14(3)7-15(4)11-18/h6-11,16H,1-5H3,(H,20,21)/t16-/m0/s1. The molecule has 0 spiro atoms. The van der Waals surface area contributed by atoms with Gasteiger partial charge in [0, 0.05) is 5.69 Å². The van der Waals surface area contributed by atoms with Gasteiger partial charge in [-0.3, -0.25) is 4.79 Å². The first kappa shape index (κ1) is 16.1. The molecule has 2 aromatic carbocycles. The predicted molar refractivity (Wildman–Crippen MR) is 90.6 cm³/mol. The number of hydrogen-bond donors (Lipinski definition) is 1. The van der Waals surface area contributed by atoms with Crippen LogP contribution in [0.15, 0.2) is 36.4 Å². The van der Waals surface area contributed by atoms with Gasteiger partial charge in [-0.25, -0.2) is 0 Å². The minimum absolute atomic E-state index is 0.149. The maximum Gasteiger partial charge on any atom is 0.265 e. The normalized spacial score (nSPS) is 11.9. The molecule has 3 heteroatoms. The second-order valence-corrected chi connectivity index (χ2v) is 5.95. The monoisotopic (exact) mass is 297 g/mol. The van der Waals surface area contributed by atoms with Crippen molar-refractivity contribution in [3.63, 3.8) is 0 Å². The molecule has 1 N–H and O–H groups in total. The second kappa shape index (κ2) is 6.65. The minimum Gasteiger partial charge on any atom is -0.481 e. The Kier molecular flexibility index (Phi) is 4.86. The van der Waals surface area contributed by atoms with Gasteiger partial charge in [-0.05, 0) is 81.1 Å². The second-order valence-electron chi connectivity index (χ2n) is 5.95. The lowest BCUT2D eigenvalue weighted by molar-refractivity contribution is -0.122. The fourth-order valence-corrected chi connectivity index (χ4v) is 2.55. The molecular weight excluding hydrogens is 274 g/mol. The number of ether oxygens (including phenoxy) is 1. The molecule has 0 saturated heterocycles. The lowest BCUT2D eigenvalue weighted by Gasteiger charge is -2.16. The van der Waals surface area contributed by atoms with Gasteiger partial charge in [0.25, 0.3) is 5.91 Å². The molecule has 0 unspecified atom stereocenters. The van der Waals surface area contributed by atoms with E-state index in [0.29, 0.717) is 0 Å². The molecule has 2 rings (SSSR count). The molecule has 22 heavy (non-hydrogen) atoms. The van der Waals surface area contributed by atoms with Crippen LogP contribution in [0.25, 0.3) is 0 Å². The van der Waals surface area contributed by atoms with Crippen LogP contribution in [0, 0.1) is 27.7 Å². The SMILES string of the molecule is Cc1cc(C)cc(NC(=O)[C@H](C)Oc2cc(C)cc(C)c2)c1. The molecule has 1 atom stereocenters. The highest BCUT2D eigenvalue weighted by Gasteiger charge is 2.15. The van der Waals surface area contributed by atoms with Gasteiger partial charge in [-0.2, -0.15) is 0 Å². The first-order valence-electron chi connectivity index (χ1n) is 7.47. The van der Waals surface area contributed by atoms with Crippen LogP contribution in [-0.4, -0.2) is 12.0 Å². The minimum atomic E-state index is -0.554. The molecule has 0 fully saturated rings. The van der Waals surface area contributed by atoms with Crippen molar-refractivity contribution < 1.29 is 9.53 Å². The van der Waals surface area contributed by atoms with Crippen molar-refractivity contribution in [3.8, 4) is 5.75 Å². The molecule has 0 aliphatic rings. The Morgan fingerprint density at radius 1 is 0.864 bits per heavy atom. The van der Waals surface area contributed by atoms with Gasteiger partial charge >= 0.3 is 0 Å². The zero-order valence-corrected chi connectivity index (χ0v) is 13.9. The van der Waals surface area contributed by atoms with Gasteiger partial charge in [0.15, 0.2) is 6.10 Å². The highest BCUT2D eigenvalue weighted by Crippen LogP contribution is 2.19. The fraction of sp³-hybridized carbons (Fsp3) is 0.316. The summed E-state index contributed by atoms with van der Waals surface area (Å²) in [4.78, 5) is 12.3. The van der Waals surface area contributed by atoms with Crippen molar-refractivity contribution >= 4 is 11.6 Å². The number of benzene rings is 2. The van der Waals surface area contributed by atoms with E-state index < -0.39 is 6.10 Å². The molecule has 0 saturated carbocycles. The molecule has 0 aromatic heterocycles. The predicted octanol–water partition coefficient (Wildman–Crippen LogP) is 4.33. The zero-order valence-electron chi connectivity index (χ0n) is 13.9. The first-order valence-corrected chi connectivity index (χ1v) is 7.47. The quantitative estimate of drug-likeness (QED) is 0.912. The molecule has 0 aliphatic carbocycles. The van der Waals surface area contributed by atoms with Gasteiger partial charge in [-0.15, -0.1) is 0 Å². The van der Waals surface area contributed by atoms with E-state index in [1.807, 2.05) is 52.0 Å². The first-order chi connectivity index (χ1) is 10.3. The van der Waals surface area contributed by atoms with Crippen LogP contribution in [-0.2, 0) is 4.79 Å². The lowest BCUT2D eigenvalue weighted by atomic mass is 10.1. The van der Waals surface area contributed by atoms with Crippen LogP contribution in [0.3, 0.4) is 0 Å². The number of hydrogen-bond acceptors (Lipinski definition) is 2. The number of carbonyl (C=O) groups excluding carboxylic acids is 1. The summed E-state index contributed by atoms with van der Waals surface area (Å²) >= 11 is 0. The van der Waals surface area contributed by atoms with Crippen LogP contribution in [0.1, 0.15) is 29.2 Å². The highest BCUT2D eigenvalue weighted by molar-refractivity contribution is 5.94. The fourth-order valence-electron chi connectivity index (χ4n) is 2.55. The molecule has 1 amide bonds. The van der Waals surface area contributed by atoms with E-state index in [-0.39, 0.29) is 5.91 Å². The molecule has 0 heterocycles. The van der Waals surface area contributed by atoms with E-state index in [1.165, 1.54) is 0 Å². The Bertz CT molecular complexity index is 651. The van der Waals surface area contributed by atoms with E-state index in [9.17, 15) is 4.79 Å². The Balaban J connectivity index is 2.05. The van der Waals surface area contributed by atoms with Crippen molar-refractivity contribution in [2.45, 2.75) is 40.7 Å². The van der Waals surface area contributed by atoms with Crippen LogP contribution < -0.4 is 10.1 Å². The van der Waals surface area contributed by atoms with Crippen LogP contribution in [0.2, 0.25) is 0 Å². The van der Waals surface area contributed by atoms with E-state index in [0.717, 1.165) is 33.7 Å². The molecule has 0 radical (unpaired) electrons. The van der Waals surface area contributed by atoms with Gasteiger partial charge in [-0.1, -0.05) is 12.1 Å². The van der Waals surface area contributed by atoms with Crippen molar-refractivity contribution in [2.75, 3.05) is 5.32 Å². The highest BCUT2D eigenvalue weighted by atomic mass is 16.5. The molecule has 0 aliphatic heterocycles. The Labute approximate surface area is 132 Å². The lowest BCUT2D eigenvalue weighted by Crippen LogP contribution is -2.30. The summed E-state index contributed by atoms with van der Waals surface area (Å²) in [5.74, 6) is 0.574. The summed E-state index contributed by atoms with van der Waals surface area (Å²) in [6.45, 7) is 9.81. The average Bonchev–Trinajstić information content (AvgIpc) is 2.35.